The lowest BCUT2D eigenvalue weighted by Crippen LogP contribution is -1.96. The van der Waals surface area contributed by atoms with E-state index in [4.69, 9.17) is 4.74 Å². The molecule has 0 aliphatic rings. The SMILES string of the molecule is C=C.CCCCCCCCC=CCCCCCCCCOc1ccccc1. The molecule has 0 spiro atoms. The molecule has 0 bridgehead atoms. The van der Waals surface area contributed by atoms with E-state index in [1.54, 1.807) is 0 Å². The number of hydrogen-bond donors (Lipinski definition) is 0. The topological polar surface area (TPSA) is 9.23 Å². The molecule has 0 fully saturated rings. The van der Waals surface area contributed by atoms with Gasteiger partial charge in [-0.1, -0.05) is 95.1 Å². The fourth-order valence-corrected chi connectivity index (χ4v) is 3.06. The molecule has 1 heteroatoms. The molecular formula is C26H44O. The van der Waals surface area contributed by atoms with Crippen LogP contribution in [-0.2, 0) is 0 Å². The predicted molar refractivity (Wildman–Crippen MR) is 123 cm³/mol. The van der Waals surface area contributed by atoms with Crippen molar-refractivity contribution in [3.63, 3.8) is 0 Å². The highest BCUT2D eigenvalue weighted by molar-refractivity contribution is 5.20. The summed E-state index contributed by atoms with van der Waals surface area (Å²) in [6.07, 6.45) is 23.7. The Hall–Kier alpha value is -1.50. The molecule has 0 atom stereocenters. The van der Waals surface area contributed by atoms with E-state index < -0.39 is 0 Å². The molecule has 0 saturated carbocycles. The fraction of sp³-hybridized carbons (Fsp3) is 0.615. The number of unbranched alkanes of at least 4 members (excludes halogenated alkanes) is 12. The molecule has 27 heavy (non-hydrogen) atoms. The van der Waals surface area contributed by atoms with E-state index in [0.29, 0.717) is 0 Å². The minimum absolute atomic E-state index is 0.852. The average molecular weight is 373 g/mol. The van der Waals surface area contributed by atoms with Crippen molar-refractivity contribution < 1.29 is 4.74 Å². The van der Waals surface area contributed by atoms with Crippen LogP contribution in [0.1, 0.15) is 96.8 Å². The summed E-state index contributed by atoms with van der Waals surface area (Å²) in [5.74, 6) is 0.996. The Morgan fingerprint density at radius 2 is 1.15 bits per heavy atom. The number of para-hydroxylation sites is 1. The second-order valence-electron chi connectivity index (χ2n) is 7.10. The van der Waals surface area contributed by atoms with Gasteiger partial charge in [-0.3, -0.25) is 0 Å². The highest BCUT2D eigenvalue weighted by Crippen LogP contribution is 2.12. The third kappa shape index (κ3) is 19.1. The molecule has 0 heterocycles. The highest BCUT2D eigenvalue weighted by Gasteiger charge is 1.94. The number of allylic oxidation sites excluding steroid dienone is 2. The molecule has 0 unspecified atom stereocenters. The van der Waals surface area contributed by atoms with Crippen LogP contribution in [0.15, 0.2) is 55.6 Å². The van der Waals surface area contributed by atoms with Crippen LogP contribution >= 0.6 is 0 Å². The monoisotopic (exact) mass is 372 g/mol. The molecule has 1 rings (SSSR count). The zero-order valence-electron chi connectivity index (χ0n) is 18.0. The third-order valence-corrected chi connectivity index (χ3v) is 4.67. The van der Waals surface area contributed by atoms with Gasteiger partial charge in [-0.2, -0.15) is 0 Å². The van der Waals surface area contributed by atoms with E-state index >= 15 is 0 Å². The Morgan fingerprint density at radius 1 is 0.667 bits per heavy atom. The Morgan fingerprint density at radius 3 is 1.70 bits per heavy atom. The van der Waals surface area contributed by atoms with E-state index in [1.165, 1.54) is 89.9 Å². The minimum Gasteiger partial charge on any atom is -0.494 e. The largest absolute Gasteiger partial charge is 0.494 e. The summed E-state index contributed by atoms with van der Waals surface area (Å²) in [5, 5.41) is 0. The van der Waals surface area contributed by atoms with Gasteiger partial charge >= 0.3 is 0 Å². The Bertz CT molecular complexity index is 409. The summed E-state index contributed by atoms with van der Waals surface area (Å²) in [6.45, 7) is 9.13. The summed E-state index contributed by atoms with van der Waals surface area (Å²) in [5.41, 5.74) is 0. The quantitative estimate of drug-likeness (QED) is 0.196. The van der Waals surface area contributed by atoms with E-state index in [2.05, 4.69) is 32.2 Å². The van der Waals surface area contributed by atoms with E-state index in [1.807, 2.05) is 30.3 Å². The lowest BCUT2D eigenvalue weighted by molar-refractivity contribution is 0.304. The molecule has 0 radical (unpaired) electrons. The van der Waals surface area contributed by atoms with Crippen molar-refractivity contribution in [2.45, 2.75) is 96.8 Å². The lowest BCUT2D eigenvalue weighted by atomic mass is 10.1. The highest BCUT2D eigenvalue weighted by atomic mass is 16.5. The standard InChI is InChI=1S/C24H40O.C2H4/c1-2-3-4-5-6-7-8-9-10-11-12-13-14-15-16-20-23-25-24-21-18-17-19-22-24;1-2/h9-10,17-19,21-22H,2-8,11-16,20,23H2,1H3;1-2H2. The molecular weight excluding hydrogens is 328 g/mol. The van der Waals surface area contributed by atoms with E-state index in [-0.39, 0.29) is 0 Å². The van der Waals surface area contributed by atoms with Crippen molar-refractivity contribution in [3.8, 4) is 5.75 Å². The second-order valence-corrected chi connectivity index (χ2v) is 7.10. The van der Waals surface area contributed by atoms with Crippen molar-refractivity contribution in [1.29, 1.82) is 0 Å². The number of rotatable bonds is 17. The molecule has 1 aromatic rings. The number of ether oxygens (including phenoxy) is 1. The van der Waals surface area contributed by atoms with Crippen LogP contribution in [0.4, 0.5) is 0 Å². The van der Waals surface area contributed by atoms with Gasteiger partial charge in [0.2, 0.25) is 0 Å². The van der Waals surface area contributed by atoms with Crippen LogP contribution in [0.5, 0.6) is 5.75 Å². The maximum atomic E-state index is 5.72. The van der Waals surface area contributed by atoms with Crippen LogP contribution in [0.3, 0.4) is 0 Å². The van der Waals surface area contributed by atoms with Gasteiger partial charge in [0.1, 0.15) is 5.75 Å². The zero-order chi connectivity index (χ0) is 19.8. The summed E-state index contributed by atoms with van der Waals surface area (Å²) in [6, 6.07) is 10.1. The molecule has 0 aromatic heterocycles. The normalized spacial score (nSPS) is 10.6. The van der Waals surface area contributed by atoms with Crippen LogP contribution in [0, 0.1) is 0 Å². The van der Waals surface area contributed by atoms with E-state index in [9.17, 15) is 0 Å². The maximum absolute atomic E-state index is 5.72. The van der Waals surface area contributed by atoms with Gasteiger partial charge in [0, 0.05) is 0 Å². The van der Waals surface area contributed by atoms with Gasteiger partial charge in [-0.05, 0) is 44.2 Å². The Labute approximate surface area is 169 Å². The van der Waals surface area contributed by atoms with Crippen LogP contribution < -0.4 is 4.74 Å². The van der Waals surface area contributed by atoms with Crippen LogP contribution in [0.25, 0.3) is 0 Å². The predicted octanol–water partition coefficient (Wildman–Crippen LogP) is 8.91. The van der Waals surface area contributed by atoms with Crippen LogP contribution in [-0.4, -0.2) is 6.61 Å². The first kappa shape index (κ1) is 25.5. The molecule has 0 saturated heterocycles. The van der Waals surface area contributed by atoms with E-state index in [0.717, 1.165) is 12.4 Å². The lowest BCUT2D eigenvalue weighted by Gasteiger charge is -2.05. The third-order valence-electron chi connectivity index (χ3n) is 4.67. The maximum Gasteiger partial charge on any atom is 0.119 e. The fourth-order valence-electron chi connectivity index (χ4n) is 3.06. The zero-order valence-corrected chi connectivity index (χ0v) is 18.0. The van der Waals surface area contributed by atoms with Crippen molar-refractivity contribution >= 4 is 0 Å². The molecule has 154 valence electrons. The van der Waals surface area contributed by atoms with Gasteiger partial charge < -0.3 is 4.74 Å². The van der Waals surface area contributed by atoms with Crippen molar-refractivity contribution in [2.24, 2.45) is 0 Å². The molecule has 0 amide bonds. The summed E-state index contributed by atoms with van der Waals surface area (Å²) in [7, 11) is 0. The summed E-state index contributed by atoms with van der Waals surface area (Å²) in [4.78, 5) is 0. The van der Waals surface area contributed by atoms with Gasteiger partial charge in [0.05, 0.1) is 6.61 Å². The van der Waals surface area contributed by atoms with Gasteiger partial charge in [-0.15, -0.1) is 13.2 Å². The van der Waals surface area contributed by atoms with Gasteiger partial charge in [0.15, 0.2) is 0 Å². The minimum atomic E-state index is 0.852. The smallest absolute Gasteiger partial charge is 0.119 e. The summed E-state index contributed by atoms with van der Waals surface area (Å²) < 4.78 is 5.72. The second kappa shape index (κ2) is 22.5. The van der Waals surface area contributed by atoms with Gasteiger partial charge in [0.25, 0.3) is 0 Å². The molecule has 0 aliphatic heterocycles. The summed E-state index contributed by atoms with van der Waals surface area (Å²) >= 11 is 0. The van der Waals surface area contributed by atoms with Gasteiger partial charge in [-0.25, -0.2) is 0 Å². The molecule has 1 aromatic carbocycles. The van der Waals surface area contributed by atoms with Crippen molar-refractivity contribution in [2.75, 3.05) is 6.61 Å². The van der Waals surface area contributed by atoms with Crippen molar-refractivity contribution in [1.82, 2.24) is 0 Å². The molecule has 0 N–H and O–H groups in total. The first-order chi connectivity index (χ1) is 13.4. The van der Waals surface area contributed by atoms with Crippen molar-refractivity contribution in [3.05, 3.63) is 55.6 Å². The Balaban J connectivity index is 0.00000326. The first-order valence-corrected chi connectivity index (χ1v) is 11.3. The molecule has 0 aliphatic carbocycles. The number of benzene rings is 1. The first-order valence-electron chi connectivity index (χ1n) is 11.3. The molecule has 1 nitrogen and oxygen atoms in total. The Kier molecular flexibility index (Phi) is 21.3. The number of hydrogen-bond acceptors (Lipinski definition) is 1. The van der Waals surface area contributed by atoms with Crippen LogP contribution in [0.2, 0.25) is 0 Å². The average Bonchev–Trinajstić information content (AvgIpc) is 2.72.